The van der Waals surface area contributed by atoms with Gasteiger partial charge in [0.15, 0.2) is 5.16 Å². The molecule has 0 saturated heterocycles. The summed E-state index contributed by atoms with van der Waals surface area (Å²) in [6, 6.07) is 7.34. The molecule has 3 N–H and O–H groups in total. The molecule has 7 nitrogen and oxygen atoms in total. The van der Waals surface area contributed by atoms with Crippen molar-refractivity contribution in [2.24, 2.45) is 0 Å². The van der Waals surface area contributed by atoms with Gasteiger partial charge in [-0.2, -0.15) is 0 Å². The molecule has 1 aliphatic carbocycles. The molecule has 32 heavy (non-hydrogen) atoms. The standard InChI is InChI=1S/C23H25N5O2S2/c24-20-19-15-8-2-1-3-10-17(15)32-21(19)27-18(26-20)13-31-23-25-16-9-5-4-7-14(16)22(30)28(23)11-6-12-29/h4-5,7,9,29H,1-3,6,8,10-13H2,(H2,24,26,27). The third-order valence-electron chi connectivity index (χ3n) is 5.84. The number of aromatic nitrogens is 4. The summed E-state index contributed by atoms with van der Waals surface area (Å²) in [6.45, 7) is 0.428. The van der Waals surface area contributed by atoms with E-state index in [-0.39, 0.29) is 12.2 Å². The number of hydrogen-bond donors (Lipinski definition) is 2. The average Bonchev–Trinajstić information content (AvgIpc) is 2.99. The van der Waals surface area contributed by atoms with E-state index in [0.29, 0.717) is 46.4 Å². The molecule has 1 aliphatic rings. The van der Waals surface area contributed by atoms with Crippen LogP contribution in [0.1, 0.15) is 41.9 Å². The molecular weight excluding hydrogens is 442 g/mol. The first kappa shape index (κ1) is 21.4. The van der Waals surface area contributed by atoms with Crippen molar-refractivity contribution in [1.29, 1.82) is 0 Å². The molecule has 166 valence electrons. The number of aryl methyl sites for hydroxylation is 2. The zero-order valence-electron chi connectivity index (χ0n) is 17.7. The zero-order valence-corrected chi connectivity index (χ0v) is 19.3. The Hall–Kier alpha value is -2.49. The lowest BCUT2D eigenvalue weighted by Crippen LogP contribution is -2.24. The van der Waals surface area contributed by atoms with Crippen LogP contribution in [-0.2, 0) is 25.1 Å². The number of thiophene rings is 1. The Labute approximate surface area is 193 Å². The van der Waals surface area contributed by atoms with E-state index >= 15 is 0 Å². The molecule has 0 aliphatic heterocycles. The van der Waals surface area contributed by atoms with E-state index in [1.807, 2.05) is 18.2 Å². The highest BCUT2D eigenvalue weighted by atomic mass is 32.2. The number of nitrogens with zero attached hydrogens (tertiary/aromatic N) is 4. The largest absolute Gasteiger partial charge is 0.396 e. The molecule has 0 atom stereocenters. The molecule has 1 aromatic carbocycles. The molecule has 0 radical (unpaired) electrons. The number of para-hydroxylation sites is 1. The van der Waals surface area contributed by atoms with Crippen LogP contribution in [0.2, 0.25) is 0 Å². The summed E-state index contributed by atoms with van der Waals surface area (Å²) in [5.41, 5.74) is 8.30. The van der Waals surface area contributed by atoms with Crippen LogP contribution in [-0.4, -0.2) is 31.2 Å². The molecule has 0 saturated carbocycles. The summed E-state index contributed by atoms with van der Waals surface area (Å²) in [4.78, 5) is 29.5. The van der Waals surface area contributed by atoms with Crippen LogP contribution >= 0.6 is 23.1 Å². The van der Waals surface area contributed by atoms with Gasteiger partial charge in [0.1, 0.15) is 16.5 Å². The first-order chi connectivity index (χ1) is 15.7. The number of nitrogen functional groups attached to an aromatic ring is 1. The van der Waals surface area contributed by atoms with Crippen molar-refractivity contribution in [2.75, 3.05) is 12.3 Å². The van der Waals surface area contributed by atoms with E-state index in [9.17, 15) is 9.90 Å². The fraction of sp³-hybridized carbons (Fsp3) is 0.391. The predicted octanol–water partition coefficient (Wildman–Crippen LogP) is 3.93. The van der Waals surface area contributed by atoms with Crippen LogP contribution in [0.15, 0.2) is 34.2 Å². The van der Waals surface area contributed by atoms with Gasteiger partial charge in [0.2, 0.25) is 0 Å². The van der Waals surface area contributed by atoms with Gasteiger partial charge in [-0.25, -0.2) is 15.0 Å². The first-order valence-corrected chi connectivity index (χ1v) is 12.8. The van der Waals surface area contributed by atoms with Gasteiger partial charge < -0.3 is 10.8 Å². The molecule has 0 spiro atoms. The molecule has 3 heterocycles. The van der Waals surface area contributed by atoms with Crippen molar-refractivity contribution in [1.82, 2.24) is 19.5 Å². The Morgan fingerprint density at radius 3 is 2.84 bits per heavy atom. The lowest BCUT2D eigenvalue weighted by molar-refractivity contribution is 0.276. The third-order valence-corrected chi connectivity index (χ3v) is 7.99. The van der Waals surface area contributed by atoms with Gasteiger partial charge in [0.25, 0.3) is 5.56 Å². The second kappa shape index (κ2) is 9.17. The van der Waals surface area contributed by atoms with Gasteiger partial charge in [0, 0.05) is 18.0 Å². The van der Waals surface area contributed by atoms with Crippen LogP contribution in [0, 0.1) is 0 Å². The van der Waals surface area contributed by atoms with Gasteiger partial charge in [-0.1, -0.05) is 30.3 Å². The van der Waals surface area contributed by atoms with Gasteiger partial charge in [-0.3, -0.25) is 9.36 Å². The number of aliphatic hydroxyl groups is 1. The van der Waals surface area contributed by atoms with Crippen LogP contribution in [0.5, 0.6) is 0 Å². The Kier molecular flexibility index (Phi) is 6.12. The van der Waals surface area contributed by atoms with Crippen molar-refractivity contribution in [3.8, 4) is 0 Å². The number of rotatable bonds is 6. The highest BCUT2D eigenvalue weighted by molar-refractivity contribution is 7.98. The summed E-state index contributed by atoms with van der Waals surface area (Å²) in [7, 11) is 0. The normalized spacial score (nSPS) is 14.0. The van der Waals surface area contributed by atoms with Crippen LogP contribution < -0.4 is 11.3 Å². The molecular formula is C23H25N5O2S2. The van der Waals surface area contributed by atoms with Crippen molar-refractivity contribution in [3.05, 3.63) is 50.9 Å². The fourth-order valence-electron chi connectivity index (χ4n) is 4.29. The quantitative estimate of drug-likeness (QED) is 0.251. The van der Waals surface area contributed by atoms with Crippen molar-refractivity contribution >= 4 is 50.0 Å². The van der Waals surface area contributed by atoms with E-state index in [1.165, 1.54) is 41.5 Å². The predicted molar refractivity (Wildman–Crippen MR) is 130 cm³/mol. The summed E-state index contributed by atoms with van der Waals surface area (Å²) in [5.74, 6) is 1.66. The van der Waals surface area contributed by atoms with Crippen LogP contribution in [0.4, 0.5) is 5.82 Å². The van der Waals surface area contributed by atoms with Gasteiger partial charge >= 0.3 is 0 Å². The van der Waals surface area contributed by atoms with E-state index < -0.39 is 0 Å². The number of anilines is 1. The number of benzene rings is 1. The molecule has 0 fully saturated rings. The number of thioether (sulfide) groups is 1. The first-order valence-electron chi connectivity index (χ1n) is 11.0. The highest BCUT2D eigenvalue weighted by Crippen LogP contribution is 2.37. The number of hydrogen-bond acceptors (Lipinski definition) is 8. The summed E-state index contributed by atoms with van der Waals surface area (Å²) < 4.78 is 1.64. The van der Waals surface area contributed by atoms with Gasteiger partial charge in [-0.15, -0.1) is 11.3 Å². The molecule has 5 rings (SSSR count). The SMILES string of the molecule is Nc1nc(CSc2nc3ccccc3c(=O)n2CCCO)nc2sc3c(c12)CCCCC3. The lowest BCUT2D eigenvalue weighted by Gasteiger charge is -2.12. The van der Waals surface area contributed by atoms with E-state index in [2.05, 4.69) is 4.98 Å². The van der Waals surface area contributed by atoms with E-state index in [0.717, 1.165) is 23.1 Å². The molecule has 9 heteroatoms. The minimum atomic E-state index is -0.0931. The fourth-order valence-corrected chi connectivity index (χ4v) is 6.45. The molecule has 3 aromatic heterocycles. The smallest absolute Gasteiger partial charge is 0.262 e. The topological polar surface area (TPSA) is 107 Å². The number of aliphatic hydroxyl groups excluding tert-OH is 1. The zero-order chi connectivity index (χ0) is 22.1. The summed E-state index contributed by atoms with van der Waals surface area (Å²) >= 11 is 3.17. The second-order valence-corrected chi connectivity index (χ2v) is 10.0. The monoisotopic (exact) mass is 467 g/mol. The Balaban J connectivity index is 1.48. The minimum absolute atomic E-state index is 0.0166. The second-order valence-electron chi connectivity index (χ2n) is 8.00. The molecule has 0 amide bonds. The Morgan fingerprint density at radius 1 is 1.12 bits per heavy atom. The van der Waals surface area contributed by atoms with E-state index in [4.69, 9.17) is 15.7 Å². The third kappa shape index (κ3) is 4.00. The molecule has 0 unspecified atom stereocenters. The van der Waals surface area contributed by atoms with Gasteiger partial charge in [0.05, 0.1) is 22.0 Å². The van der Waals surface area contributed by atoms with Crippen molar-refractivity contribution in [2.45, 2.75) is 56.0 Å². The lowest BCUT2D eigenvalue weighted by atomic mass is 10.1. The molecule has 0 bridgehead atoms. The van der Waals surface area contributed by atoms with Crippen LogP contribution in [0.3, 0.4) is 0 Å². The van der Waals surface area contributed by atoms with Crippen molar-refractivity contribution < 1.29 is 5.11 Å². The van der Waals surface area contributed by atoms with Gasteiger partial charge in [-0.05, 0) is 49.8 Å². The number of nitrogens with two attached hydrogens (primary N) is 1. The number of fused-ring (bicyclic) bond motifs is 4. The average molecular weight is 468 g/mol. The van der Waals surface area contributed by atoms with Crippen molar-refractivity contribution in [3.63, 3.8) is 0 Å². The highest BCUT2D eigenvalue weighted by Gasteiger charge is 2.20. The summed E-state index contributed by atoms with van der Waals surface area (Å²) in [6.07, 6.45) is 6.30. The Morgan fingerprint density at radius 2 is 1.97 bits per heavy atom. The minimum Gasteiger partial charge on any atom is -0.396 e. The Bertz CT molecular complexity index is 1350. The maximum absolute atomic E-state index is 13.0. The maximum Gasteiger partial charge on any atom is 0.262 e. The van der Waals surface area contributed by atoms with Crippen LogP contribution in [0.25, 0.3) is 21.1 Å². The molecule has 4 aromatic rings. The van der Waals surface area contributed by atoms with E-state index in [1.54, 1.807) is 22.0 Å². The summed E-state index contributed by atoms with van der Waals surface area (Å²) in [5, 5.41) is 11.5. The maximum atomic E-state index is 13.0.